The van der Waals surface area contributed by atoms with Crippen molar-refractivity contribution in [2.75, 3.05) is 37.8 Å². The van der Waals surface area contributed by atoms with Crippen LogP contribution in [0.25, 0.3) is 0 Å². The lowest BCUT2D eigenvalue weighted by molar-refractivity contribution is -0.137. The van der Waals surface area contributed by atoms with Crippen LogP contribution >= 0.6 is 0 Å². The molecule has 4 N–H and O–H groups in total. The second-order valence-electron chi connectivity index (χ2n) is 9.80. The standard InChI is InChI=1S/C25H32F3N7O2/c1-34-12-10-17(11-13-34)35(2)23(37)15-6-8-16(9-7-15)31-24-30-14-19(25(26,27)28)22(33-24)32-20-5-3-4-18(20)21(29)36/h6-9,14,17-18,20H,3-5,10-13H2,1-2H3,(H2,29,36)(H2,30,31,32,33)/t18-,20+/m0/s1. The number of anilines is 3. The molecule has 2 aliphatic rings. The number of amides is 2. The lowest BCUT2D eigenvalue weighted by Gasteiger charge is -2.35. The number of benzene rings is 1. The van der Waals surface area contributed by atoms with Crippen LogP contribution < -0.4 is 16.4 Å². The van der Waals surface area contributed by atoms with Crippen molar-refractivity contribution in [2.24, 2.45) is 11.7 Å². The quantitative estimate of drug-likeness (QED) is 0.513. The van der Waals surface area contributed by atoms with Gasteiger partial charge in [0.25, 0.3) is 5.91 Å². The van der Waals surface area contributed by atoms with Crippen LogP contribution in [0, 0.1) is 5.92 Å². The van der Waals surface area contributed by atoms with E-state index in [1.807, 2.05) is 7.05 Å². The number of likely N-dealkylation sites (tertiary alicyclic amines) is 1. The molecule has 4 rings (SSSR count). The van der Waals surface area contributed by atoms with Crippen molar-refractivity contribution in [3.8, 4) is 0 Å². The van der Waals surface area contributed by atoms with Gasteiger partial charge < -0.3 is 26.2 Å². The number of nitrogens with zero attached hydrogens (tertiary/aromatic N) is 4. The SMILES string of the molecule is CN1CCC(N(C)C(=O)c2ccc(Nc3ncc(C(F)(F)F)c(N[C@@H]4CCC[C@@H]4C(N)=O)n3)cc2)CC1. The number of piperidine rings is 1. The number of rotatable bonds is 7. The number of halogens is 3. The van der Waals surface area contributed by atoms with E-state index in [2.05, 4.69) is 32.5 Å². The molecule has 0 unspecified atom stereocenters. The van der Waals surface area contributed by atoms with Crippen molar-refractivity contribution in [2.45, 2.75) is 50.4 Å². The third kappa shape index (κ3) is 6.30. The minimum absolute atomic E-state index is 0.0494. The van der Waals surface area contributed by atoms with E-state index in [-0.39, 0.29) is 17.9 Å². The Morgan fingerprint density at radius 1 is 1.11 bits per heavy atom. The summed E-state index contributed by atoms with van der Waals surface area (Å²) < 4.78 is 40.8. The highest BCUT2D eigenvalue weighted by Crippen LogP contribution is 2.36. The Labute approximate surface area is 213 Å². The van der Waals surface area contributed by atoms with Crippen LogP contribution in [-0.4, -0.2) is 70.9 Å². The second kappa shape index (κ2) is 10.9. The summed E-state index contributed by atoms with van der Waals surface area (Å²) in [6.45, 7) is 1.89. The Morgan fingerprint density at radius 3 is 2.41 bits per heavy atom. The van der Waals surface area contributed by atoms with E-state index in [9.17, 15) is 22.8 Å². The van der Waals surface area contributed by atoms with Crippen LogP contribution in [0.3, 0.4) is 0 Å². The van der Waals surface area contributed by atoms with E-state index in [0.717, 1.165) is 25.9 Å². The Balaban J connectivity index is 1.47. The van der Waals surface area contributed by atoms with Gasteiger partial charge in [-0.2, -0.15) is 18.2 Å². The summed E-state index contributed by atoms with van der Waals surface area (Å²) in [5.41, 5.74) is 5.43. The van der Waals surface area contributed by atoms with E-state index >= 15 is 0 Å². The van der Waals surface area contributed by atoms with Gasteiger partial charge in [-0.15, -0.1) is 0 Å². The van der Waals surface area contributed by atoms with Crippen molar-refractivity contribution in [1.82, 2.24) is 19.8 Å². The predicted octanol–water partition coefficient (Wildman–Crippen LogP) is 3.47. The highest BCUT2D eigenvalue weighted by atomic mass is 19.4. The largest absolute Gasteiger partial charge is 0.421 e. The summed E-state index contributed by atoms with van der Waals surface area (Å²) in [6, 6.07) is 6.29. The molecule has 1 aliphatic heterocycles. The summed E-state index contributed by atoms with van der Waals surface area (Å²) in [5.74, 6) is -1.66. The van der Waals surface area contributed by atoms with E-state index in [1.54, 1.807) is 29.2 Å². The molecule has 9 nitrogen and oxygen atoms in total. The van der Waals surface area contributed by atoms with Gasteiger partial charge in [0.15, 0.2) is 0 Å². The Hall–Kier alpha value is -3.41. The van der Waals surface area contributed by atoms with Gasteiger partial charge in [0.1, 0.15) is 11.4 Å². The van der Waals surface area contributed by atoms with Crippen molar-refractivity contribution < 1.29 is 22.8 Å². The molecular weight excluding hydrogens is 487 g/mol. The molecule has 200 valence electrons. The maximum atomic E-state index is 13.6. The van der Waals surface area contributed by atoms with Crippen molar-refractivity contribution in [3.63, 3.8) is 0 Å². The zero-order valence-corrected chi connectivity index (χ0v) is 20.9. The van der Waals surface area contributed by atoms with Crippen LogP contribution in [0.1, 0.15) is 48.0 Å². The lowest BCUT2D eigenvalue weighted by Crippen LogP contribution is -2.44. The summed E-state index contributed by atoms with van der Waals surface area (Å²) in [6.07, 6.45) is -0.422. The predicted molar refractivity (Wildman–Crippen MR) is 133 cm³/mol. The molecule has 1 aliphatic carbocycles. The third-order valence-corrected chi connectivity index (χ3v) is 7.24. The summed E-state index contributed by atoms with van der Waals surface area (Å²) in [5, 5.41) is 5.67. The third-order valence-electron chi connectivity index (χ3n) is 7.24. The fraction of sp³-hybridized carbons (Fsp3) is 0.520. The lowest BCUT2D eigenvalue weighted by atomic mass is 10.0. The van der Waals surface area contributed by atoms with Gasteiger partial charge in [-0.05, 0) is 70.1 Å². The van der Waals surface area contributed by atoms with Crippen LogP contribution in [0.4, 0.5) is 30.6 Å². The molecule has 2 aromatic rings. The second-order valence-corrected chi connectivity index (χ2v) is 9.80. The number of nitrogens with two attached hydrogens (primary N) is 1. The number of hydrogen-bond acceptors (Lipinski definition) is 7. The number of alkyl halides is 3. The van der Waals surface area contributed by atoms with Crippen molar-refractivity contribution in [3.05, 3.63) is 41.6 Å². The van der Waals surface area contributed by atoms with E-state index in [0.29, 0.717) is 36.7 Å². The minimum atomic E-state index is -4.68. The minimum Gasteiger partial charge on any atom is -0.369 e. The normalized spacial score (nSPS) is 21.0. The Bertz CT molecular complexity index is 1120. The van der Waals surface area contributed by atoms with Crippen LogP contribution in [-0.2, 0) is 11.0 Å². The van der Waals surface area contributed by atoms with E-state index in [4.69, 9.17) is 5.73 Å². The molecule has 0 radical (unpaired) electrons. The first kappa shape index (κ1) is 26.6. The van der Waals surface area contributed by atoms with Gasteiger partial charge >= 0.3 is 6.18 Å². The van der Waals surface area contributed by atoms with Gasteiger partial charge in [-0.1, -0.05) is 6.42 Å². The number of hydrogen-bond donors (Lipinski definition) is 3. The number of nitrogens with one attached hydrogen (secondary N) is 2. The Kier molecular flexibility index (Phi) is 7.86. The van der Waals surface area contributed by atoms with Crippen LogP contribution in [0.5, 0.6) is 0 Å². The molecule has 2 atom stereocenters. The molecule has 37 heavy (non-hydrogen) atoms. The fourth-order valence-electron chi connectivity index (χ4n) is 4.99. The molecule has 1 aromatic carbocycles. The highest BCUT2D eigenvalue weighted by Gasteiger charge is 2.38. The average molecular weight is 520 g/mol. The number of carbonyl (C=O) groups excluding carboxylic acids is 2. The molecule has 2 fully saturated rings. The smallest absolute Gasteiger partial charge is 0.369 e. The van der Waals surface area contributed by atoms with Gasteiger partial charge in [0.05, 0.1) is 5.92 Å². The first-order chi connectivity index (χ1) is 17.5. The molecule has 12 heteroatoms. The molecule has 1 saturated carbocycles. The Morgan fingerprint density at radius 2 is 1.78 bits per heavy atom. The number of carbonyl (C=O) groups is 2. The molecule has 0 spiro atoms. The molecule has 0 bridgehead atoms. The summed E-state index contributed by atoms with van der Waals surface area (Å²) >= 11 is 0. The first-order valence-electron chi connectivity index (χ1n) is 12.4. The van der Waals surface area contributed by atoms with Gasteiger partial charge in [-0.3, -0.25) is 9.59 Å². The van der Waals surface area contributed by atoms with Gasteiger partial charge in [-0.25, -0.2) is 4.98 Å². The van der Waals surface area contributed by atoms with Crippen LogP contribution in [0.2, 0.25) is 0 Å². The maximum absolute atomic E-state index is 13.6. The van der Waals surface area contributed by atoms with E-state index < -0.39 is 35.4 Å². The summed E-state index contributed by atoms with van der Waals surface area (Å²) in [4.78, 5) is 36.5. The zero-order chi connectivity index (χ0) is 26.7. The maximum Gasteiger partial charge on any atom is 0.421 e. The topological polar surface area (TPSA) is 116 Å². The molecule has 1 aromatic heterocycles. The number of aromatic nitrogens is 2. The molecule has 2 amide bonds. The average Bonchev–Trinajstić information content (AvgIpc) is 3.32. The molecule has 2 heterocycles. The summed E-state index contributed by atoms with van der Waals surface area (Å²) in [7, 11) is 3.87. The van der Waals surface area contributed by atoms with E-state index in [1.165, 1.54) is 0 Å². The van der Waals surface area contributed by atoms with Gasteiger partial charge in [0, 0.05) is 36.6 Å². The van der Waals surface area contributed by atoms with Crippen molar-refractivity contribution >= 4 is 29.3 Å². The van der Waals surface area contributed by atoms with Gasteiger partial charge in [0.2, 0.25) is 11.9 Å². The van der Waals surface area contributed by atoms with Crippen LogP contribution in [0.15, 0.2) is 30.5 Å². The monoisotopic (exact) mass is 519 g/mol. The van der Waals surface area contributed by atoms with Crippen molar-refractivity contribution in [1.29, 1.82) is 0 Å². The molecule has 1 saturated heterocycles. The molecular formula is C25H32F3N7O2. The first-order valence-corrected chi connectivity index (χ1v) is 12.4. The highest BCUT2D eigenvalue weighted by molar-refractivity contribution is 5.94. The zero-order valence-electron chi connectivity index (χ0n) is 20.9. The number of primary amides is 1. The fourth-order valence-corrected chi connectivity index (χ4v) is 4.99.